The average molecular weight is 462 g/mol. The standard InChI is InChI=1S/C31H27NO3/c1-34-28-18-22(15-17-27(28)35-19-20-8-3-2-4-9-20)31-30-24(12-7-13-26(30)33)29-23-11-6-5-10-21(23)14-16-25(29)32-31/h2-6,8-11,14-18,31-32H,7,12-13,19H2,1H3/t31-/m1/s1. The number of fused-ring (bicyclic) bond motifs is 4. The van der Waals surface area contributed by atoms with Gasteiger partial charge in [0.15, 0.2) is 17.3 Å². The van der Waals surface area contributed by atoms with Gasteiger partial charge in [-0.2, -0.15) is 0 Å². The number of methoxy groups -OCH3 is 1. The molecule has 4 aromatic rings. The Hall–Kier alpha value is -4.05. The zero-order chi connectivity index (χ0) is 23.8. The van der Waals surface area contributed by atoms with E-state index in [1.165, 1.54) is 21.9 Å². The predicted molar refractivity (Wildman–Crippen MR) is 140 cm³/mol. The summed E-state index contributed by atoms with van der Waals surface area (Å²) >= 11 is 0. The van der Waals surface area contributed by atoms with Gasteiger partial charge in [-0.1, -0.05) is 66.7 Å². The Labute approximate surface area is 205 Å². The zero-order valence-electron chi connectivity index (χ0n) is 19.7. The number of hydrogen-bond donors (Lipinski definition) is 1. The van der Waals surface area contributed by atoms with Gasteiger partial charge in [-0.3, -0.25) is 4.79 Å². The van der Waals surface area contributed by atoms with Gasteiger partial charge in [0, 0.05) is 23.2 Å². The summed E-state index contributed by atoms with van der Waals surface area (Å²) in [5.41, 5.74) is 6.41. The van der Waals surface area contributed by atoms with Gasteiger partial charge in [0.2, 0.25) is 0 Å². The van der Waals surface area contributed by atoms with Crippen LogP contribution in [0.1, 0.15) is 42.0 Å². The van der Waals surface area contributed by atoms with E-state index < -0.39 is 0 Å². The molecule has 0 spiro atoms. The highest BCUT2D eigenvalue weighted by Gasteiger charge is 2.35. The summed E-state index contributed by atoms with van der Waals surface area (Å²) in [6, 6.07) is 28.5. The summed E-state index contributed by atoms with van der Waals surface area (Å²) in [4.78, 5) is 13.3. The molecule has 1 N–H and O–H groups in total. The molecule has 35 heavy (non-hydrogen) atoms. The smallest absolute Gasteiger partial charge is 0.161 e. The molecule has 0 radical (unpaired) electrons. The number of Topliss-reactive ketones (excluding diaryl/α,β-unsaturated/α-hetero) is 1. The van der Waals surface area contributed by atoms with Crippen LogP contribution >= 0.6 is 0 Å². The summed E-state index contributed by atoms with van der Waals surface area (Å²) in [6.45, 7) is 0.465. The van der Waals surface area contributed by atoms with Gasteiger partial charge in [-0.25, -0.2) is 0 Å². The van der Waals surface area contributed by atoms with Gasteiger partial charge in [0.25, 0.3) is 0 Å². The Balaban J connectivity index is 1.40. The first-order valence-corrected chi connectivity index (χ1v) is 12.1. The van der Waals surface area contributed by atoms with Crippen molar-refractivity contribution in [3.63, 3.8) is 0 Å². The van der Waals surface area contributed by atoms with Crippen molar-refractivity contribution in [1.82, 2.24) is 0 Å². The van der Waals surface area contributed by atoms with Crippen LogP contribution in [-0.4, -0.2) is 12.9 Å². The first-order valence-electron chi connectivity index (χ1n) is 12.1. The number of hydrogen-bond acceptors (Lipinski definition) is 4. The molecule has 0 unspecified atom stereocenters. The molecule has 1 aliphatic carbocycles. The Bertz CT molecular complexity index is 1460. The average Bonchev–Trinajstić information content (AvgIpc) is 2.91. The van der Waals surface area contributed by atoms with E-state index >= 15 is 0 Å². The molecule has 0 saturated carbocycles. The number of benzene rings is 4. The van der Waals surface area contributed by atoms with Crippen LogP contribution in [0.4, 0.5) is 5.69 Å². The zero-order valence-corrected chi connectivity index (χ0v) is 19.7. The molecule has 0 amide bonds. The molecule has 6 rings (SSSR count). The second-order valence-electron chi connectivity index (χ2n) is 9.14. The fraction of sp³-hybridized carbons (Fsp3) is 0.194. The molecule has 174 valence electrons. The maximum atomic E-state index is 13.3. The van der Waals surface area contributed by atoms with Crippen molar-refractivity contribution in [1.29, 1.82) is 0 Å². The SMILES string of the molecule is COc1cc([C@H]2Nc3ccc4ccccc4c3C3=C2C(=O)CCC3)ccc1OCc1ccccc1. The summed E-state index contributed by atoms with van der Waals surface area (Å²) in [5.74, 6) is 1.58. The monoisotopic (exact) mass is 461 g/mol. The van der Waals surface area contributed by atoms with Crippen molar-refractivity contribution in [3.8, 4) is 11.5 Å². The van der Waals surface area contributed by atoms with Crippen molar-refractivity contribution >= 4 is 27.8 Å². The van der Waals surface area contributed by atoms with Gasteiger partial charge >= 0.3 is 0 Å². The summed E-state index contributed by atoms with van der Waals surface area (Å²) in [6.07, 6.45) is 2.39. The molecule has 4 nitrogen and oxygen atoms in total. The van der Waals surface area contributed by atoms with Crippen LogP contribution in [0.15, 0.2) is 90.5 Å². The Morgan fingerprint density at radius 2 is 1.71 bits per heavy atom. The normalized spacial score (nSPS) is 16.9. The van der Waals surface area contributed by atoms with Crippen LogP contribution in [-0.2, 0) is 11.4 Å². The number of carbonyl (C=O) groups is 1. The molecular weight excluding hydrogens is 434 g/mol. The van der Waals surface area contributed by atoms with E-state index in [1.54, 1.807) is 7.11 Å². The molecule has 0 saturated heterocycles. The lowest BCUT2D eigenvalue weighted by Crippen LogP contribution is -2.27. The fourth-order valence-electron chi connectivity index (χ4n) is 5.37. The maximum Gasteiger partial charge on any atom is 0.161 e. The van der Waals surface area contributed by atoms with Gasteiger partial charge in [-0.05, 0) is 58.5 Å². The van der Waals surface area contributed by atoms with Crippen LogP contribution in [0.25, 0.3) is 16.3 Å². The van der Waals surface area contributed by atoms with E-state index in [4.69, 9.17) is 9.47 Å². The van der Waals surface area contributed by atoms with Crippen LogP contribution in [0.3, 0.4) is 0 Å². The van der Waals surface area contributed by atoms with E-state index in [-0.39, 0.29) is 11.8 Å². The van der Waals surface area contributed by atoms with E-state index in [2.05, 4.69) is 41.7 Å². The third-order valence-electron chi connectivity index (χ3n) is 7.03. The Morgan fingerprint density at radius 3 is 2.57 bits per heavy atom. The van der Waals surface area contributed by atoms with Crippen molar-refractivity contribution < 1.29 is 14.3 Å². The molecule has 0 aromatic heterocycles. The minimum Gasteiger partial charge on any atom is -0.493 e. The van der Waals surface area contributed by atoms with Gasteiger partial charge < -0.3 is 14.8 Å². The first-order chi connectivity index (χ1) is 17.2. The van der Waals surface area contributed by atoms with Crippen LogP contribution in [0.2, 0.25) is 0 Å². The number of allylic oxidation sites excluding steroid dienone is 1. The highest BCUT2D eigenvalue weighted by molar-refractivity contribution is 6.12. The third-order valence-corrected chi connectivity index (χ3v) is 7.03. The lowest BCUT2D eigenvalue weighted by Gasteiger charge is -2.35. The fourth-order valence-corrected chi connectivity index (χ4v) is 5.37. The van der Waals surface area contributed by atoms with Gasteiger partial charge in [0.1, 0.15) is 6.61 Å². The number of rotatable bonds is 5. The number of ether oxygens (including phenoxy) is 2. The predicted octanol–water partition coefficient (Wildman–Crippen LogP) is 7.10. The molecule has 0 bridgehead atoms. The van der Waals surface area contributed by atoms with Crippen molar-refractivity contribution in [2.45, 2.75) is 31.9 Å². The highest BCUT2D eigenvalue weighted by Crippen LogP contribution is 2.48. The second kappa shape index (κ2) is 8.95. The van der Waals surface area contributed by atoms with E-state index in [0.717, 1.165) is 35.2 Å². The highest BCUT2D eigenvalue weighted by atomic mass is 16.5. The Kier molecular flexibility index (Phi) is 5.49. The van der Waals surface area contributed by atoms with Crippen LogP contribution < -0.4 is 14.8 Å². The number of anilines is 1. The molecule has 1 heterocycles. The molecule has 2 aliphatic rings. The molecule has 4 heteroatoms. The lowest BCUT2D eigenvalue weighted by atomic mass is 9.77. The van der Waals surface area contributed by atoms with Crippen LogP contribution in [0, 0.1) is 0 Å². The minimum atomic E-state index is -0.219. The van der Waals surface area contributed by atoms with Crippen molar-refractivity contribution in [2.24, 2.45) is 0 Å². The van der Waals surface area contributed by atoms with Gasteiger partial charge in [-0.15, -0.1) is 0 Å². The van der Waals surface area contributed by atoms with E-state index in [1.807, 2.05) is 48.5 Å². The Morgan fingerprint density at radius 1 is 0.886 bits per heavy atom. The lowest BCUT2D eigenvalue weighted by molar-refractivity contribution is -0.116. The molecule has 0 fully saturated rings. The second-order valence-corrected chi connectivity index (χ2v) is 9.14. The van der Waals surface area contributed by atoms with Gasteiger partial charge in [0.05, 0.1) is 13.2 Å². The van der Waals surface area contributed by atoms with E-state index in [9.17, 15) is 4.79 Å². The molecule has 4 aromatic carbocycles. The molecular formula is C31H27NO3. The molecule has 1 atom stereocenters. The maximum absolute atomic E-state index is 13.3. The number of nitrogens with one attached hydrogen (secondary N) is 1. The minimum absolute atomic E-state index is 0.219. The van der Waals surface area contributed by atoms with Crippen LogP contribution in [0.5, 0.6) is 11.5 Å². The topological polar surface area (TPSA) is 47.6 Å². The third kappa shape index (κ3) is 3.85. The van der Waals surface area contributed by atoms with E-state index in [0.29, 0.717) is 24.5 Å². The summed E-state index contributed by atoms with van der Waals surface area (Å²) < 4.78 is 11.8. The quantitative estimate of drug-likeness (QED) is 0.344. The summed E-state index contributed by atoms with van der Waals surface area (Å²) in [5, 5.41) is 6.08. The number of ketones is 1. The number of carbonyl (C=O) groups excluding carboxylic acids is 1. The van der Waals surface area contributed by atoms with Crippen molar-refractivity contribution in [3.05, 3.63) is 107 Å². The largest absolute Gasteiger partial charge is 0.493 e. The first kappa shape index (κ1) is 21.5. The van der Waals surface area contributed by atoms with Crippen molar-refractivity contribution in [2.75, 3.05) is 12.4 Å². The summed E-state index contributed by atoms with van der Waals surface area (Å²) in [7, 11) is 1.65. The molecule has 1 aliphatic heterocycles.